The van der Waals surface area contributed by atoms with Crippen LogP contribution in [-0.4, -0.2) is 46.2 Å². The first kappa shape index (κ1) is 18.5. The van der Waals surface area contributed by atoms with Gasteiger partial charge in [-0.15, -0.1) is 0 Å². The van der Waals surface area contributed by atoms with E-state index in [9.17, 15) is 4.79 Å². The molecule has 1 aliphatic heterocycles. The lowest BCUT2D eigenvalue weighted by molar-refractivity contribution is -0.113. The van der Waals surface area contributed by atoms with Crippen molar-refractivity contribution in [2.75, 3.05) is 40.6 Å². The summed E-state index contributed by atoms with van der Waals surface area (Å²) in [5.41, 5.74) is 1.92. The largest absolute Gasteiger partial charge is 0.353 e. The fourth-order valence-electron chi connectivity index (χ4n) is 2.45. The van der Waals surface area contributed by atoms with Crippen molar-refractivity contribution in [1.29, 1.82) is 0 Å². The number of benzene rings is 1. The summed E-state index contributed by atoms with van der Waals surface area (Å²) in [7, 11) is 0. The summed E-state index contributed by atoms with van der Waals surface area (Å²) in [6, 6.07) is 5.86. The maximum absolute atomic E-state index is 12.3. The van der Waals surface area contributed by atoms with Gasteiger partial charge in [0.05, 0.1) is 11.4 Å². The van der Waals surface area contributed by atoms with Gasteiger partial charge in [0.25, 0.3) is 0 Å². The van der Waals surface area contributed by atoms with E-state index in [2.05, 4.69) is 36.1 Å². The maximum atomic E-state index is 12.3. The first-order valence-electron chi connectivity index (χ1n) is 7.96. The van der Waals surface area contributed by atoms with Gasteiger partial charge in [0.15, 0.2) is 5.82 Å². The lowest BCUT2D eigenvalue weighted by Crippen LogP contribution is -2.33. The van der Waals surface area contributed by atoms with Crippen LogP contribution >= 0.6 is 39.5 Å². The zero-order chi connectivity index (χ0) is 17.6. The van der Waals surface area contributed by atoms with Crippen LogP contribution in [0, 0.1) is 6.92 Å². The van der Waals surface area contributed by atoms with E-state index in [1.807, 2.05) is 36.9 Å². The van der Waals surface area contributed by atoms with E-state index < -0.39 is 0 Å². The summed E-state index contributed by atoms with van der Waals surface area (Å²) >= 11 is 6.87. The Morgan fingerprint density at radius 1 is 1.32 bits per heavy atom. The quantitative estimate of drug-likeness (QED) is 0.715. The number of halogens is 1. The standard InChI is InChI=1S/C17H19BrN4OS2/c1-12-2-3-14(13(18)10-12)21-15(23)11-25-17-16(19-4-5-20-17)22-6-8-24-9-7-22/h2-5,10H,6-9,11H2,1H3,(H,21,23). The Bertz CT molecular complexity index is 753. The molecule has 1 fully saturated rings. The average Bonchev–Trinajstić information content (AvgIpc) is 2.63. The first-order chi connectivity index (χ1) is 12.1. The molecule has 0 aliphatic carbocycles. The summed E-state index contributed by atoms with van der Waals surface area (Å²) in [6.45, 7) is 3.96. The minimum absolute atomic E-state index is 0.0552. The number of carbonyl (C=O) groups is 1. The number of thioether (sulfide) groups is 2. The molecule has 1 saturated heterocycles. The Morgan fingerprint density at radius 3 is 2.84 bits per heavy atom. The summed E-state index contributed by atoms with van der Waals surface area (Å²) in [6.07, 6.45) is 3.39. The number of aromatic nitrogens is 2. The molecule has 5 nitrogen and oxygen atoms in total. The summed E-state index contributed by atoms with van der Waals surface area (Å²) in [5, 5.41) is 3.75. The van der Waals surface area contributed by atoms with Crippen LogP contribution in [0.15, 0.2) is 40.1 Å². The molecular weight excluding hydrogens is 420 g/mol. The number of nitrogens with zero attached hydrogens (tertiary/aromatic N) is 3. The predicted molar refractivity (Wildman–Crippen MR) is 110 cm³/mol. The highest BCUT2D eigenvalue weighted by Gasteiger charge is 2.18. The van der Waals surface area contributed by atoms with E-state index in [4.69, 9.17) is 0 Å². The first-order valence-corrected chi connectivity index (χ1v) is 10.9. The van der Waals surface area contributed by atoms with Crippen LogP contribution in [0.5, 0.6) is 0 Å². The van der Waals surface area contributed by atoms with Crippen molar-refractivity contribution >= 4 is 56.9 Å². The molecule has 0 atom stereocenters. The molecule has 2 heterocycles. The highest BCUT2D eigenvalue weighted by Crippen LogP contribution is 2.28. The molecule has 0 radical (unpaired) electrons. The molecule has 8 heteroatoms. The normalized spacial score (nSPS) is 14.4. The Balaban J connectivity index is 1.62. The molecule has 2 aromatic rings. The van der Waals surface area contributed by atoms with Crippen molar-refractivity contribution in [3.05, 3.63) is 40.6 Å². The minimum Gasteiger partial charge on any atom is -0.353 e. The Hall–Kier alpha value is -1.25. The van der Waals surface area contributed by atoms with Crippen molar-refractivity contribution in [1.82, 2.24) is 9.97 Å². The molecule has 1 aliphatic rings. The van der Waals surface area contributed by atoms with Gasteiger partial charge in [-0.3, -0.25) is 4.79 Å². The van der Waals surface area contributed by atoms with Gasteiger partial charge < -0.3 is 10.2 Å². The third-order valence-electron chi connectivity index (χ3n) is 3.70. The van der Waals surface area contributed by atoms with E-state index in [0.717, 1.165) is 51.2 Å². The van der Waals surface area contributed by atoms with E-state index in [1.165, 1.54) is 11.8 Å². The molecule has 1 aromatic carbocycles. The van der Waals surface area contributed by atoms with Crippen LogP contribution in [0.1, 0.15) is 5.56 Å². The van der Waals surface area contributed by atoms with E-state index in [1.54, 1.807) is 12.4 Å². The molecule has 132 valence electrons. The third kappa shape index (κ3) is 5.12. The van der Waals surface area contributed by atoms with Gasteiger partial charge in [-0.2, -0.15) is 11.8 Å². The number of aryl methyl sites for hydroxylation is 1. The fourth-order valence-corrected chi connectivity index (χ4v) is 4.74. The van der Waals surface area contributed by atoms with Crippen LogP contribution < -0.4 is 10.2 Å². The number of rotatable bonds is 5. The van der Waals surface area contributed by atoms with Gasteiger partial charge in [0.1, 0.15) is 5.03 Å². The highest BCUT2D eigenvalue weighted by molar-refractivity contribution is 9.10. The van der Waals surface area contributed by atoms with Gasteiger partial charge in [-0.05, 0) is 40.5 Å². The molecule has 0 spiro atoms. The number of hydrogen-bond donors (Lipinski definition) is 1. The average molecular weight is 439 g/mol. The SMILES string of the molecule is Cc1ccc(NC(=O)CSc2nccnc2N2CCSCC2)c(Br)c1. The second-order valence-electron chi connectivity index (χ2n) is 5.60. The summed E-state index contributed by atoms with van der Waals surface area (Å²) in [4.78, 5) is 23.4. The Labute approximate surface area is 164 Å². The van der Waals surface area contributed by atoms with Crippen molar-refractivity contribution in [3.63, 3.8) is 0 Å². The second-order valence-corrected chi connectivity index (χ2v) is 8.65. The van der Waals surface area contributed by atoms with Gasteiger partial charge >= 0.3 is 0 Å². The zero-order valence-corrected chi connectivity index (χ0v) is 17.1. The van der Waals surface area contributed by atoms with Crippen LogP contribution in [0.2, 0.25) is 0 Å². The van der Waals surface area contributed by atoms with Crippen LogP contribution in [0.4, 0.5) is 11.5 Å². The van der Waals surface area contributed by atoms with Crippen molar-refractivity contribution in [2.24, 2.45) is 0 Å². The predicted octanol–water partition coefficient (Wildman–Crippen LogP) is 3.83. The Kier molecular flexibility index (Phi) is 6.61. The zero-order valence-electron chi connectivity index (χ0n) is 13.9. The monoisotopic (exact) mass is 438 g/mol. The van der Waals surface area contributed by atoms with Crippen molar-refractivity contribution in [2.45, 2.75) is 11.9 Å². The summed E-state index contributed by atoms with van der Waals surface area (Å²) < 4.78 is 0.886. The molecular formula is C17H19BrN4OS2. The fraction of sp³-hybridized carbons (Fsp3) is 0.353. The molecule has 1 N–H and O–H groups in total. The van der Waals surface area contributed by atoms with E-state index >= 15 is 0 Å². The number of hydrogen-bond acceptors (Lipinski definition) is 6. The Morgan fingerprint density at radius 2 is 2.08 bits per heavy atom. The van der Waals surface area contributed by atoms with Crippen molar-refractivity contribution < 1.29 is 4.79 Å². The van der Waals surface area contributed by atoms with E-state index in [-0.39, 0.29) is 5.91 Å². The lowest BCUT2D eigenvalue weighted by atomic mass is 10.2. The van der Waals surface area contributed by atoms with Gasteiger partial charge in [0.2, 0.25) is 5.91 Å². The van der Waals surface area contributed by atoms with Crippen LogP contribution in [0.25, 0.3) is 0 Å². The smallest absolute Gasteiger partial charge is 0.234 e. The third-order valence-corrected chi connectivity index (χ3v) is 6.26. The molecule has 25 heavy (non-hydrogen) atoms. The second kappa shape index (κ2) is 8.91. The van der Waals surface area contributed by atoms with Gasteiger partial charge in [-0.25, -0.2) is 9.97 Å². The summed E-state index contributed by atoms with van der Waals surface area (Å²) in [5.74, 6) is 3.33. The maximum Gasteiger partial charge on any atom is 0.234 e. The molecule has 1 aromatic heterocycles. The van der Waals surface area contributed by atoms with Crippen LogP contribution in [-0.2, 0) is 4.79 Å². The van der Waals surface area contributed by atoms with E-state index in [0.29, 0.717) is 5.75 Å². The number of amides is 1. The lowest BCUT2D eigenvalue weighted by Gasteiger charge is -2.28. The highest BCUT2D eigenvalue weighted by atomic mass is 79.9. The van der Waals surface area contributed by atoms with Crippen LogP contribution in [0.3, 0.4) is 0 Å². The number of nitrogens with one attached hydrogen (secondary N) is 1. The molecule has 3 rings (SSSR count). The van der Waals surface area contributed by atoms with Crippen molar-refractivity contribution in [3.8, 4) is 0 Å². The molecule has 0 saturated carbocycles. The van der Waals surface area contributed by atoms with Gasteiger partial charge in [-0.1, -0.05) is 17.8 Å². The number of anilines is 2. The minimum atomic E-state index is -0.0552. The van der Waals surface area contributed by atoms with Gasteiger partial charge in [0, 0.05) is 41.5 Å². The molecule has 0 unspecified atom stereocenters. The molecule has 1 amide bonds. The topological polar surface area (TPSA) is 58.1 Å². The number of carbonyl (C=O) groups excluding carboxylic acids is 1. The molecule has 0 bridgehead atoms.